The summed E-state index contributed by atoms with van der Waals surface area (Å²) in [4.78, 5) is 0. The smallest absolute Gasteiger partial charge is 0.144 e. The Morgan fingerprint density at radius 2 is 1.08 bits per heavy atom. The van der Waals surface area contributed by atoms with E-state index in [4.69, 9.17) is 18.9 Å². The zero-order valence-electron chi connectivity index (χ0n) is 29.0. The third-order valence-corrected chi connectivity index (χ3v) is 9.71. The molecule has 0 radical (unpaired) electrons. The average molecular weight is 673 g/mol. The first-order chi connectivity index (χ1) is 24.5. The molecule has 2 N–H and O–H groups in total. The van der Waals surface area contributed by atoms with E-state index in [2.05, 4.69) is 56.3 Å². The van der Waals surface area contributed by atoms with Gasteiger partial charge >= 0.3 is 0 Å². The van der Waals surface area contributed by atoms with E-state index in [1.807, 2.05) is 91.0 Å². The second-order valence-electron chi connectivity index (χ2n) is 13.2. The molecule has 6 heteroatoms. The van der Waals surface area contributed by atoms with Crippen molar-refractivity contribution in [2.75, 3.05) is 13.2 Å². The average Bonchev–Trinajstić information content (AvgIpc) is 3.17. The number of aliphatic hydroxyl groups is 2. The Morgan fingerprint density at radius 1 is 0.580 bits per heavy atom. The van der Waals surface area contributed by atoms with Crippen molar-refractivity contribution in [1.82, 2.24) is 0 Å². The van der Waals surface area contributed by atoms with Crippen LogP contribution >= 0.6 is 0 Å². The van der Waals surface area contributed by atoms with Crippen molar-refractivity contribution in [2.45, 2.75) is 76.5 Å². The van der Waals surface area contributed by atoms with Gasteiger partial charge in [-0.25, -0.2) is 0 Å². The van der Waals surface area contributed by atoms with Crippen LogP contribution in [0.25, 0.3) is 0 Å². The van der Waals surface area contributed by atoms with Crippen molar-refractivity contribution in [1.29, 1.82) is 0 Å². The van der Waals surface area contributed by atoms with Crippen molar-refractivity contribution in [2.24, 2.45) is 0 Å². The van der Waals surface area contributed by atoms with Gasteiger partial charge < -0.3 is 29.2 Å². The molecule has 0 aliphatic carbocycles. The highest BCUT2D eigenvalue weighted by atomic mass is 16.6. The van der Waals surface area contributed by atoms with Crippen LogP contribution in [0.5, 0.6) is 0 Å². The number of rotatable bonds is 15. The van der Waals surface area contributed by atoms with E-state index in [1.165, 1.54) is 22.3 Å². The van der Waals surface area contributed by atoms with Crippen molar-refractivity contribution in [3.05, 3.63) is 178 Å². The minimum Gasteiger partial charge on any atom is -0.393 e. The van der Waals surface area contributed by atoms with Crippen LogP contribution in [0.2, 0.25) is 0 Å². The maximum absolute atomic E-state index is 11.0. The van der Waals surface area contributed by atoms with Gasteiger partial charge in [-0.3, -0.25) is 0 Å². The monoisotopic (exact) mass is 672 g/mol. The molecule has 6 nitrogen and oxygen atoms in total. The summed E-state index contributed by atoms with van der Waals surface area (Å²) in [6.45, 7) is 4.18. The SMILES string of the molecule is CCc1ccc(Cc2cc([C@@H]3OC(CO)(CO)[C@@H](OCc4ccccc4)[C@H](OCc4ccccc4)[C@H]3OCc3ccccc3)ccc2C)cc1. The standard InChI is InChI=1S/C44H48O6/c1-3-33-20-22-34(23-21-33)25-39-26-38(24-19-32(39)2)40-41(47-27-35-13-7-4-8-14-35)42(48-28-36-15-9-5-10-16-36)43(44(30-45,31-46)50-40)49-29-37-17-11-6-12-18-37/h4-24,26,40-43,45-46H,3,25,27-31H2,1-2H3/t40-,41-,42+,43-/m0/s1. The first-order valence-electron chi connectivity index (χ1n) is 17.5. The molecule has 1 saturated heterocycles. The fourth-order valence-electron chi connectivity index (χ4n) is 6.67. The van der Waals surface area contributed by atoms with Crippen LogP contribution in [0, 0.1) is 6.92 Å². The van der Waals surface area contributed by atoms with Crippen molar-refractivity contribution < 1.29 is 29.2 Å². The Bertz CT molecular complexity index is 1740. The lowest BCUT2D eigenvalue weighted by Crippen LogP contribution is -2.66. The fraction of sp³-hybridized carbons (Fsp3) is 0.318. The Kier molecular flexibility index (Phi) is 12.3. The lowest BCUT2D eigenvalue weighted by atomic mass is 9.82. The van der Waals surface area contributed by atoms with Crippen LogP contribution in [-0.2, 0) is 51.6 Å². The molecule has 1 heterocycles. The Balaban J connectivity index is 1.40. The number of aliphatic hydroxyl groups excluding tert-OH is 2. The van der Waals surface area contributed by atoms with Crippen LogP contribution in [0.15, 0.2) is 133 Å². The Labute approximate surface area is 296 Å². The summed E-state index contributed by atoms with van der Waals surface area (Å²) in [5, 5.41) is 22.1. The highest BCUT2D eigenvalue weighted by Gasteiger charge is 2.57. The molecule has 0 spiro atoms. The van der Waals surface area contributed by atoms with E-state index in [0.717, 1.165) is 35.1 Å². The minimum atomic E-state index is -1.48. The Morgan fingerprint density at radius 3 is 1.60 bits per heavy atom. The summed E-state index contributed by atoms with van der Waals surface area (Å²) in [5.41, 5.74) is 7.23. The molecule has 1 aliphatic rings. The van der Waals surface area contributed by atoms with Crippen LogP contribution in [0.1, 0.15) is 57.5 Å². The van der Waals surface area contributed by atoms with Crippen molar-refractivity contribution >= 4 is 0 Å². The van der Waals surface area contributed by atoms with Crippen LogP contribution in [0.3, 0.4) is 0 Å². The van der Waals surface area contributed by atoms with E-state index in [1.54, 1.807) is 0 Å². The number of benzene rings is 5. The second-order valence-corrected chi connectivity index (χ2v) is 13.2. The summed E-state index contributed by atoms with van der Waals surface area (Å²) in [6.07, 6.45) is -1.15. The number of ether oxygens (including phenoxy) is 4. The third kappa shape index (κ3) is 8.59. The van der Waals surface area contributed by atoms with Crippen molar-refractivity contribution in [3.63, 3.8) is 0 Å². The minimum absolute atomic E-state index is 0.239. The summed E-state index contributed by atoms with van der Waals surface area (Å²) in [5.74, 6) is 0. The van der Waals surface area contributed by atoms with Gasteiger partial charge in [0.15, 0.2) is 0 Å². The van der Waals surface area contributed by atoms with E-state index in [0.29, 0.717) is 6.61 Å². The highest BCUT2D eigenvalue weighted by molar-refractivity contribution is 5.38. The van der Waals surface area contributed by atoms with Gasteiger partial charge in [0.25, 0.3) is 0 Å². The maximum Gasteiger partial charge on any atom is 0.144 e. The molecular weight excluding hydrogens is 624 g/mol. The predicted molar refractivity (Wildman–Crippen MR) is 196 cm³/mol. The first-order valence-corrected chi connectivity index (χ1v) is 17.5. The normalized spacial score (nSPS) is 20.1. The molecule has 0 bridgehead atoms. The maximum atomic E-state index is 11.0. The second kappa shape index (κ2) is 17.2. The third-order valence-electron chi connectivity index (χ3n) is 9.71. The topological polar surface area (TPSA) is 77.4 Å². The van der Waals surface area contributed by atoms with Gasteiger partial charge in [-0.05, 0) is 64.3 Å². The van der Waals surface area contributed by atoms with Gasteiger partial charge in [0.1, 0.15) is 30.0 Å². The molecule has 0 saturated carbocycles. The number of hydrogen-bond donors (Lipinski definition) is 2. The van der Waals surface area contributed by atoms with E-state index >= 15 is 0 Å². The summed E-state index contributed by atoms with van der Waals surface area (Å²) in [6, 6.07) is 44.9. The molecule has 1 fully saturated rings. The van der Waals surface area contributed by atoms with Gasteiger partial charge in [0.2, 0.25) is 0 Å². The van der Waals surface area contributed by atoms with Gasteiger partial charge in [0.05, 0.1) is 33.0 Å². The largest absolute Gasteiger partial charge is 0.393 e. The van der Waals surface area contributed by atoms with Crippen LogP contribution < -0.4 is 0 Å². The zero-order valence-corrected chi connectivity index (χ0v) is 29.0. The molecule has 6 rings (SSSR count). The van der Waals surface area contributed by atoms with Gasteiger partial charge in [-0.15, -0.1) is 0 Å². The molecule has 0 aromatic heterocycles. The summed E-state index contributed by atoms with van der Waals surface area (Å²) in [7, 11) is 0. The lowest BCUT2D eigenvalue weighted by Gasteiger charge is -2.52. The molecule has 0 amide bonds. The van der Waals surface area contributed by atoms with E-state index in [9.17, 15) is 10.2 Å². The van der Waals surface area contributed by atoms with Gasteiger partial charge in [-0.2, -0.15) is 0 Å². The molecule has 260 valence electrons. The molecule has 50 heavy (non-hydrogen) atoms. The molecule has 5 aromatic carbocycles. The van der Waals surface area contributed by atoms with Gasteiger partial charge in [-0.1, -0.05) is 140 Å². The Hall–Kier alpha value is -4.14. The highest BCUT2D eigenvalue weighted by Crippen LogP contribution is 2.43. The van der Waals surface area contributed by atoms with E-state index < -0.39 is 43.2 Å². The number of hydrogen-bond acceptors (Lipinski definition) is 6. The zero-order chi connectivity index (χ0) is 34.8. The molecule has 4 atom stereocenters. The predicted octanol–water partition coefficient (Wildman–Crippen LogP) is 7.70. The van der Waals surface area contributed by atoms with Crippen LogP contribution in [-0.4, -0.2) is 47.3 Å². The summed E-state index contributed by atoms with van der Waals surface area (Å²) < 4.78 is 27.1. The lowest BCUT2D eigenvalue weighted by molar-refractivity contribution is -0.318. The quantitative estimate of drug-likeness (QED) is 0.119. The van der Waals surface area contributed by atoms with E-state index in [-0.39, 0.29) is 13.2 Å². The molecular formula is C44H48O6. The molecule has 5 aromatic rings. The molecule has 1 aliphatic heterocycles. The number of aryl methyl sites for hydroxylation is 2. The first kappa shape index (κ1) is 35.7. The van der Waals surface area contributed by atoms with Crippen LogP contribution in [0.4, 0.5) is 0 Å². The fourth-order valence-corrected chi connectivity index (χ4v) is 6.67. The summed E-state index contributed by atoms with van der Waals surface area (Å²) >= 11 is 0. The van der Waals surface area contributed by atoms with Crippen molar-refractivity contribution in [3.8, 4) is 0 Å². The molecule has 0 unspecified atom stereocenters. The van der Waals surface area contributed by atoms with Gasteiger partial charge in [0, 0.05) is 0 Å².